The molecule has 1 saturated heterocycles. The topological polar surface area (TPSA) is 99.4 Å². The van der Waals surface area contributed by atoms with Crippen LogP contribution in [0.1, 0.15) is 26.2 Å². The molecular weight excluding hydrogens is 228 g/mol. The average molecular weight is 250 g/mol. The Kier molecular flexibility index (Phi) is 6.32. The van der Waals surface area contributed by atoms with Crippen molar-refractivity contribution in [1.82, 2.24) is 0 Å². The molecule has 1 fully saturated rings. The molecule has 0 aromatic rings. The van der Waals surface area contributed by atoms with Crippen LogP contribution in [0, 0.1) is 0 Å². The standard InChI is InChI=1S/C11H22O6/c1-2-3-4-5-16-11-10(15)9(14)8(13)7(6-12)17-11/h7-15H,2-6H2,1H3/t7-,8+,9-,10-,11-/m1/s1. The lowest BCUT2D eigenvalue weighted by atomic mass is 9.99. The van der Waals surface area contributed by atoms with Gasteiger partial charge in [-0.25, -0.2) is 0 Å². The fourth-order valence-electron chi connectivity index (χ4n) is 1.76. The molecule has 1 aliphatic heterocycles. The largest absolute Gasteiger partial charge is 0.394 e. The van der Waals surface area contributed by atoms with Crippen LogP contribution in [0.4, 0.5) is 0 Å². The first-order valence-electron chi connectivity index (χ1n) is 6.04. The van der Waals surface area contributed by atoms with Gasteiger partial charge < -0.3 is 29.9 Å². The van der Waals surface area contributed by atoms with Crippen LogP contribution in [0.2, 0.25) is 0 Å². The van der Waals surface area contributed by atoms with Crippen molar-refractivity contribution in [3.8, 4) is 0 Å². The fourth-order valence-corrected chi connectivity index (χ4v) is 1.76. The summed E-state index contributed by atoms with van der Waals surface area (Å²) in [6.45, 7) is 2.05. The summed E-state index contributed by atoms with van der Waals surface area (Å²) in [5, 5.41) is 37.6. The molecule has 4 N–H and O–H groups in total. The average Bonchev–Trinajstić information content (AvgIpc) is 2.34. The van der Waals surface area contributed by atoms with Gasteiger partial charge >= 0.3 is 0 Å². The Morgan fingerprint density at radius 2 is 1.76 bits per heavy atom. The summed E-state index contributed by atoms with van der Waals surface area (Å²) in [5.74, 6) is 0. The summed E-state index contributed by atoms with van der Waals surface area (Å²) < 4.78 is 10.5. The zero-order valence-corrected chi connectivity index (χ0v) is 10.0. The van der Waals surface area contributed by atoms with Crippen molar-refractivity contribution in [1.29, 1.82) is 0 Å². The Hall–Kier alpha value is -0.240. The van der Waals surface area contributed by atoms with Crippen molar-refractivity contribution in [2.75, 3.05) is 13.2 Å². The van der Waals surface area contributed by atoms with E-state index in [9.17, 15) is 15.3 Å². The predicted octanol–water partition coefficient (Wildman–Crippen LogP) is -1.01. The van der Waals surface area contributed by atoms with Crippen molar-refractivity contribution in [2.45, 2.75) is 56.9 Å². The number of ether oxygens (including phenoxy) is 2. The second kappa shape index (κ2) is 7.25. The van der Waals surface area contributed by atoms with Gasteiger partial charge in [0.05, 0.1) is 6.61 Å². The molecule has 102 valence electrons. The third-order valence-corrected chi connectivity index (χ3v) is 2.88. The molecule has 0 amide bonds. The molecular formula is C11H22O6. The van der Waals surface area contributed by atoms with E-state index in [2.05, 4.69) is 6.92 Å². The maximum absolute atomic E-state index is 9.64. The van der Waals surface area contributed by atoms with Gasteiger partial charge in [0.1, 0.15) is 24.4 Å². The highest BCUT2D eigenvalue weighted by molar-refractivity contribution is 4.88. The van der Waals surface area contributed by atoms with E-state index in [4.69, 9.17) is 14.6 Å². The van der Waals surface area contributed by atoms with Gasteiger partial charge in [-0.1, -0.05) is 19.8 Å². The lowest BCUT2D eigenvalue weighted by molar-refractivity contribution is -0.301. The summed E-state index contributed by atoms with van der Waals surface area (Å²) in [5.41, 5.74) is 0. The minimum Gasteiger partial charge on any atom is -0.394 e. The second-order valence-electron chi connectivity index (χ2n) is 4.28. The van der Waals surface area contributed by atoms with Crippen LogP contribution < -0.4 is 0 Å². The Labute approximate surface area is 101 Å². The molecule has 5 atom stereocenters. The van der Waals surface area contributed by atoms with E-state index in [0.717, 1.165) is 19.3 Å². The number of hydrogen-bond acceptors (Lipinski definition) is 6. The molecule has 0 aromatic heterocycles. The minimum absolute atomic E-state index is 0.413. The first-order chi connectivity index (χ1) is 8.11. The lowest BCUT2D eigenvalue weighted by Crippen LogP contribution is -2.59. The molecule has 1 heterocycles. The third kappa shape index (κ3) is 3.87. The summed E-state index contributed by atoms with van der Waals surface area (Å²) in [6, 6.07) is 0. The number of rotatable bonds is 6. The lowest BCUT2D eigenvalue weighted by Gasteiger charge is -2.39. The SMILES string of the molecule is CCCCCO[C@@H]1O[C@H](CO)[C@H](O)[C@@H](O)[C@H]1O. The molecule has 6 nitrogen and oxygen atoms in total. The van der Waals surface area contributed by atoms with Crippen LogP contribution in [0.25, 0.3) is 0 Å². The van der Waals surface area contributed by atoms with Crippen LogP contribution in [-0.4, -0.2) is 64.3 Å². The van der Waals surface area contributed by atoms with Gasteiger partial charge in [-0.05, 0) is 6.42 Å². The van der Waals surface area contributed by atoms with Gasteiger partial charge in [0.25, 0.3) is 0 Å². The monoisotopic (exact) mass is 250 g/mol. The van der Waals surface area contributed by atoms with E-state index < -0.39 is 37.3 Å². The van der Waals surface area contributed by atoms with Crippen LogP contribution in [0.5, 0.6) is 0 Å². The molecule has 0 aliphatic carbocycles. The van der Waals surface area contributed by atoms with Gasteiger partial charge in [0, 0.05) is 6.61 Å². The minimum atomic E-state index is -1.36. The molecule has 0 radical (unpaired) electrons. The zero-order chi connectivity index (χ0) is 12.8. The summed E-state index contributed by atoms with van der Waals surface area (Å²) in [4.78, 5) is 0. The van der Waals surface area contributed by atoms with Gasteiger partial charge in [-0.15, -0.1) is 0 Å². The van der Waals surface area contributed by atoms with E-state index in [0.29, 0.717) is 6.61 Å². The zero-order valence-electron chi connectivity index (χ0n) is 10.0. The van der Waals surface area contributed by atoms with E-state index in [1.807, 2.05) is 0 Å². The maximum Gasteiger partial charge on any atom is 0.186 e. The van der Waals surface area contributed by atoms with Gasteiger partial charge in [-0.2, -0.15) is 0 Å². The van der Waals surface area contributed by atoms with Gasteiger partial charge in [0.2, 0.25) is 0 Å². The second-order valence-corrected chi connectivity index (χ2v) is 4.28. The Morgan fingerprint density at radius 1 is 1.06 bits per heavy atom. The molecule has 6 heteroatoms. The maximum atomic E-state index is 9.64. The first kappa shape index (κ1) is 14.8. The molecule has 0 unspecified atom stereocenters. The normalized spacial score (nSPS) is 38.3. The van der Waals surface area contributed by atoms with E-state index in [1.165, 1.54) is 0 Å². The van der Waals surface area contributed by atoms with E-state index >= 15 is 0 Å². The predicted molar refractivity (Wildman–Crippen MR) is 59.2 cm³/mol. The quantitative estimate of drug-likeness (QED) is 0.451. The molecule has 0 spiro atoms. The molecule has 0 bridgehead atoms. The van der Waals surface area contributed by atoms with Crippen LogP contribution in [0.15, 0.2) is 0 Å². The van der Waals surface area contributed by atoms with Gasteiger partial charge in [-0.3, -0.25) is 0 Å². The van der Waals surface area contributed by atoms with Crippen molar-refractivity contribution in [2.24, 2.45) is 0 Å². The Balaban J connectivity index is 2.42. The van der Waals surface area contributed by atoms with E-state index in [1.54, 1.807) is 0 Å². The van der Waals surface area contributed by atoms with Gasteiger partial charge in [0.15, 0.2) is 6.29 Å². The fraction of sp³-hybridized carbons (Fsp3) is 1.00. The molecule has 17 heavy (non-hydrogen) atoms. The highest BCUT2D eigenvalue weighted by Gasteiger charge is 2.43. The van der Waals surface area contributed by atoms with Crippen molar-refractivity contribution >= 4 is 0 Å². The highest BCUT2D eigenvalue weighted by Crippen LogP contribution is 2.22. The van der Waals surface area contributed by atoms with Crippen molar-refractivity contribution < 1.29 is 29.9 Å². The van der Waals surface area contributed by atoms with Crippen molar-refractivity contribution in [3.05, 3.63) is 0 Å². The Morgan fingerprint density at radius 3 is 2.35 bits per heavy atom. The number of aliphatic hydroxyl groups is 4. The molecule has 1 rings (SSSR count). The van der Waals surface area contributed by atoms with E-state index in [-0.39, 0.29) is 0 Å². The Bertz CT molecular complexity index is 210. The smallest absolute Gasteiger partial charge is 0.186 e. The molecule has 0 aromatic carbocycles. The molecule has 0 saturated carbocycles. The highest BCUT2D eigenvalue weighted by atomic mass is 16.7. The third-order valence-electron chi connectivity index (χ3n) is 2.88. The van der Waals surface area contributed by atoms with Crippen LogP contribution >= 0.6 is 0 Å². The summed E-state index contributed by atoms with van der Waals surface area (Å²) >= 11 is 0. The van der Waals surface area contributed by atoms with Crippen molar-refractivity contribution in [3.63, 3.8) is 0 Å². The number of unbranched alkanes of at least 4 members (excludes halogenated alkanes) is 2. The molecule has 1 aliphatic rings. The first-order valence-corrected chi connectivity index (χ1v) is 6.04. The van der Waals surface area contributed by atoms with Crippen LogP contribution in [-0.2, 0) is 9.47 Å². The number of aliphatic hydroxyl groups excluding tert-OH is 4. The van der Waals surface area contributed by atoms with Crippen LogP contribution in [0.3, 0.4) is 0 Å². The summed E-state index contributed by atoms with van der Waals surface area (Å²) in [7, 11) is 0. The summed E-state index contributed by atoms with van der Waals surface area (Å²) in [6.07, 6.45) is -2.98. The number of hydrogen-bond donors (Lipinski definition) is 4.